The second-order valence-electron chi connectivity index (χ2n) is 4.89. The molecule has 0 spiro atoms. The summed E-state index contributed by atoms with van der Waals surface area (Å²) in [4.78, 5) is 15.6. The standard InChI is InChI=1S/C14H17BrN4/c15-7-1-3-11-4-2-10-19(11)13-6-5-12-14(18-13)17-9-8-16-12/h5-6,8-9,11H,1-4,7,10H2. The molecule has 4 nitrogen and oxygen atoms in total. The summed E-state index contributed by atoms with van der Waals surface area (Å²) in [5.74, 6) is 1.05. The summed E-state index contributed by atoms with van der Waals surface area (Å²) in [5, 5.41) is 1.08. The van der Waals surface area contributed by atoms with Crippen LogP contribution in [0.2, 0.25) is 0 Å². The molecule has 2 aromatic rings. The fraction of sp³-hybridized carbons (Fsp3) is 0.500. The summed E-state index contributed by atoms with van der Waals surface area (Å²) in [5.41, 5.74) is 1.61. The van der Waals surface area contributed by atoms with Crippen LogP contribution in [0.1, 0.15) is 25.7 Å². The van der Waals surface area contributed by atoms with E-state index in [-0.39, 0.29) is 0 Å². The Labute approximate surface area is 121 Å². The van der Waals surface area contributed by atoms with Crippen LogP contribution in [0.5, 0.6) is 0 Å². The maximum absolute atomic E-state index is 4.66. The van der Waals surface area contributed by atoms with Crippen LogP contribution in [0.4, 0.5) is 5.82 Å². The van der Waals surface area contributed by atoms with E-state index in [9.17, 15) is 0 Å². The molecule has 1 saturated heterocycles. The number of rotatable bonds is 4. The van der Waals surface area contributed by atoms with E-state index in [0.29, 0.717) is 6.04 Å². The van der Waals surface area contributed by atoms with Crippen molar-refractivity contribution in [1.82, 2.24) is 15.0 Å². The van der Waals surface area contributed by atoms with E-state index in [0.717, 1.165) is 28.9 Å². The van der Waals surface area contributed by atoms with Gasteiger partial charge in [0.15, 0.2) is 5.65 Å². The highest BCUT2D eigenvalue weighted by atomic mass is 79.9. The zero-order valence-electron chi connectivity index (χ0n) is 10.8. The normalized spacial score (nSPS) is 19.2. The Morgan fingerprint density at radius 3 is 3.05 bits per heavy atom. The summed E-state index contributed by atoms with van der Waals surface area (Å²) in [6.07, 6.45) is 8.38. The molecule has 0 saturated carbocycles. The molecule has 0 radical (unpaired) electrons. The van der Waals surface area contributed by atoms with Crippen LogP contribution >= 0.6 is 15.9 Å². The minimum Gasteiger partial charge on any atom is -0.354 e. The average Bonchev–Trinajstić information content (AvgIpc) is 2.93. The Bertz CT molecular complexity index is 560. The lowest BCUT2D eigenvalue weighted by atomic mass is 10.1. The molecule has 3 heterocycles. The van der Waals surface area contributed by atoms with Gasteiger partial charge in [0.25, 0.3) is 0 Å². The van der Waals surface area contributed by atoms with Crippen molar-refractivity contribution >= 4 is 32.9 Å². The van der Waals surface area contributed by atoms with Crippen LogP contribution in [-0.4, -0.2) is 32.9 Å². The van der Waals surface area contributed by atoms with E-state index in [1.54, 1.807) is 12.4 Å². The number of nitrogens with zero attached hydrogens (tertiary/aromatic N) is 4. The van der Waals surface area contributed by atoms with Gasteiger partial charge in [0.05, 0.1) is 0 Å². The number of hydrogen-bond acceptors (Lipinski definition) is 4. The summed E-state index contributed by atoms with van der Waals surface area (Å²) in [7, 11) is 0. The van der Waals surface area contributed by atoms with Crippen molar-refractivity contribution in [2.75, 3.05) is 16.8 Å². The fourth-order valence-corrected chi connectivity index (χ4v) is 3.08. The lowest BCUT2D eigenvalue weighted by molar-refractivity contribution is 0.601. The van der Waals surface area contributed by atoms with Crippen LogP contribution in [0.15, 0.2) is 24.5 Å². The Morgan fingerprint density at radius 2 is 2.16 bits per heavy atom. The molecule has 1 fully saturated rings. The number of alkyl halides is 1. The Morgan fingerprint density at radius 1 is 1.26 bits per heavy atom. The van der Waals surface area contributed by atoms with Gasteiger partial charge in [-0.3, -0.25) is 4.98 Å². The van der Waals surface area contributed by atoms with Gasteiger partial charge in [-0.2, -0.15) is 0 Å². The van der Waals surface area contributed by atoms with E-state index in [4.69, 9.17) is 0 Å². The summed E-state index contributed by atoms with van der Waals surface area (Å²) >= 11 is 3.51. The quantitative estimate of drug-likeness (QED) is 0.811. The lowest BCUT2D eigenvalue weighted by Crippen LogP contribution is -2.30. The molecular formula is C14H17BrN4. The van der Waals surface area contributed by atoms with Crippen molar-refractivity contribution < 1.29 is 0 Å². The summed E-state index contributed by atoms with van der Waals surface area (Å²) < 4.78 is 0. The molecule has 1 unspecified atom stereocenters. The molecule has 19 heavy (non-hydrogen) atoms. The summed E-state index contributed by atoms with van der Waals surface area (Å²) in [6, 6.07) is 4.72. The third kappa shape index (κ3) is 2.71. The van der Waals surface area contributed by atoms with Crippen molar-refractivity contribution in [3.05, 3.63) is 24.5 Å². The highest BCUT2D eigenvalue weighted by Gasteiger charge is 2.25. The molecule has 1 aliphatic rings. The Balaban J connectivity index is 1.86. The van der Waals surface area contributed by atoms with E-state index < -0.39 is 0 Å². The van der Waals surface area contributed by atoms with Crippen molar-refractivity contribution in [1.29, 1.82) is 0 Å². The van der Waals surface area contributed by atoms with Crippen molar-refractivity contribution in [2.24, 2.45) is 0 Å². The van der Waals surface area contributed by atoms with Crippen LogP contribution in [0.25, 0.3) is 11.2 Å². The highest BCUT2D eigenvalue weighted by molar-refractivity contribution is 9.09. The lowest BCUT2D eigenvalue weighted by Gasteiger charge is -2.25. The number of anilines is 1. The molecule has 1 aliphatic heterocycles. The Kier molecular flexibility index (Phi) is 3.92. The molecule has 0 aliphatic carbocycles. The Hall–Kier alpha value is -1.23. The number of pyridine rings is 1. The van der Waals surface area contributed by atoms with Crippen LogP contribution in [0, 0.1) is 0 Å². The largest absolute Gasteiger partial charge is 0.354 e. The summed E-state index contributed by atoms with van der Waals surface area (Å²) in [6.45, 7) is 1.10. The first-order valence-electron chi connectivity index (χ1n) is 6.79. The number of aromatic nitrogens is 3. The van der Waals surface area contributed by atoms with Gasteiger partial charge in [-0.05, 0) is 37.8 Å². The van der Waals surface area contributed by atoms with Crippen LogP contribution in [0.3, 0.4) is 0 Å². The van der Waals surface area contributed by atoms with Crippen LogP contribution in [-0.2, 0) is 0 Å². The topological polar surface area (TPSA) is 41.9 Å². The van der Waals surface area contributed by atoms with Crippen molar-refractivity contribution in [3.63, 3.8) is 0 Å². The van der Waals surface area contributed by atoms with E-state index in [1.165, 1.54) is 25.7 Å². The van der Waals surface area contributed by atoms with Crippen molar-refractivity contribution in [2.45, 2.75) is 31.7 Å². The maximum atomic E-state index is 4.66. The molecule has 2 aromatic heterocycles. The van der Waals surface area contributed by atoms with Gasteiger partial charge in [-0.1, -0.05) is 15.9 Å². The SMILES string of the molecule is BrCCCC1CCCN1c1ccc2nccnc2n1. The highest BCUT2D eigenvalue weighted by Crippen LogP contribution is 2.27. The van der Waals surface area contributed by atoms with Crippen LogP contribution < -0.4 is 4.90 Å². The predicted molar refractivity (Wildman–Crippen MR) is 80.7 cm³/mol. The molecule has 0 N–H and O–H groups in total. The van der Waals surface area contributed by atoms with Crippen molar-refractivity contribution in [3.8, 4) is 0 Å². The zero-order valence-corrected chi connectivity index (χ0v) is 12.4. The first kappa shape index (κ1) is 12.8. The van der Waals surface area contributed by atoms with Gasteiger partial charge >= 0.3 is 0 Å². The van der Waals surface area contributed by atoms with E-state index in [1.807, 2.05) is 6.07 Å². The molecule has 5 heteroatoms. The molecule has 1 atom stereocenters. The number of halogens is 1. The smallest absolute Gasteiger partial charge is 0.180 e. The van der Waals surface area contributed by atoms with Gasteiger partial charge in [0, 0.05) is 30.3 Å². The molecule has 0 aromatic carbocycles. The maximum Gasteiger partial charge on any atom is 0.180 e. The molecule has 3 rings (SSSR count). The van der Waals surface area contributed by atoms with Gasteiger partial charge in [-0.25, -0.2) is 9.97 Å². The molecule has 100 valence electrons. The minimum absolute atomic E-state index is 0.624. The van der Waals surface area contributed by atoms with E-state index >= 15 is 0 Å². The number of fused-ring (bicyclic) bond motifs is 1. The molecule has 0 amide bonds. The second kappa shape index (κ2) is 5.82. The predicted octanol–water partition coefficient (Wildman–Crippen LogP) is 3.17. The van der Waals surface area contributed by atoms with Gasteiger partial charge in [0.1, 0.15) is 11.3 Å². The second-order valence-corrected chi connectivity index (χ2v) is 5.68. The minimum atomic E-state index is 0.624. The van der Waals surface area contributed by atoms with Gasteiger partial charge in [0.2, 0.25) is 0 Å². The third-order valence-corrected chi connectivity index (χ3v) is 4.22. The fourth-order valence-electron chi connectivity index (χ4n) is 2.75. The van der Waals surface area contributed by atoms with E-state index in [2.05, 4.69) is 41.8 Å². The number of hydrogen-bond donors (Lipinski definition) is 0. The molecular weight excluding hydrogens is 304 g/mol. The molecule has 0 bridgehead atoms. The first-order valence-corrected chi connectivity index (χ1v) is 7.91. The van der Waals surface area contributed by atoms with Gasteiger partial charge in [-0.15, -0.1) is 0 Å². The first-order chi connectivity index (χ1) is 9.38. The zero-order chi connectivity index (χ0) is 13.1. The van der Waals surface area contributed by atoms with Gasteiger partial charge < -0.3 is 4.90 Å². The average molecular weight is 321 g/mol. The monoisotopic (exact) mass is 320 g/mol. The third-order valence-electron chi connectivity index (χ3n) is 3.66.